The van der Waals surface area contributed by atoms with E-state index < -0.39 is 19.5 Å². The van der Waals surface area contributed by atoms with Crippen molar-refractivity contribution in [1.29, 1.82) is 0 Å². The third-order valence-electron chi connectivity index (χ3n) is 2.29. The number of carbonyl (C=O) groups is 1. The average Bonchev–Trinajstić information content (AvgIpc) is 1.80. The van der Waals surface area contributed by atoms with Crippen molar-refractivity contribution in [2.24, 2.45) is 5.41 Å². The molecule has 1 fully saturated rings. The molecular formula is C10H16O2Si. The second-order valence-corrected chi connectivity index (χ2v) is 9.49. The highest BCUT2D eigenvalue weighted by Crippen LogP contribution is 2.40. The van der Waals surface area contributed by atoms with E-state index >= 15 is 0 Å². The van der Waals surface area contributed by atoms with Crippen LogP contribution in [0, 0.1) is 16.9 Å². The van der Waals surface area contributed by atoms with Crippen molar-refractivity contribution in [2.75, 3.05) is 0 Å². The summed E-state index contributed by atoms with van der Waals surface area (Å²) in [6.07, 6.45) is 2.48. The zero-order valence-electron chi connectivity index (χ0n) is 8.48. The summed E-state index contributed by atoms with van der Waals surface area (Å²) in [5.41, 5.74) is 2.47. The van der Waals surface area contributed by atoms with Gasteiger partial charge in [-0.25, -0.2) is 0 Å². The Morgan fingerprint density at radius 3 is 2.15 bits per heavy atom. The Morgan fingerprint density at radius 1 is 1.38 bits per heavy atom. The minimum Gasteiger partial charge on any atom is -0.480 e. The fourth-order valence-corrected chi connectivity index (χ4v) is 1.84. The van der Waals surface area contributed by atoms with Crippen molar-refractivity contribution in [3.63, 3.8) is 0 Å². The van der Waals surface area contributed by atoms with Crippen molar-refractivity contribution >= 4 is 14.0 Å². The first-order chi connectivity index (χ1) is 5.86. The Balaban J connectivity index is 2.79. The van der Waals surface area contributed by atoms with E-state index in [1.807, 2.05) is 0 Å². The first kappa shape index (κ1) is 10.3. The summed E-state index contributed by atoms with van der Waals surface area (Å²) in [5, 5.41) is 8.99. The van der Waals surface area contributed by atoms with Crippen molar-refractivity contribution in [1.82, 2.24) is 0 Å². The van der Waals surface area contributed by atoms with E-state index in [4.69, 9.17) is 5.11 Å². The number of aliphatic carboxylic acids is 1. The Kier molecular flexibility index (Phi) is 2.53. The van der Waals surface area contributed by atoms with Gasteiger partial charge in [0.1, 0.15) is 13.5 Å². The Morgan fingerprint density at radius 2 is 1.92 bits per heavy atom. The first-order valence-electron chi connectivity index (χ1n) is 4.63. The minimum absolute atomic E-state index is 0.680. The molecular weight excluding hydrogens is 180 g/mol. The molecule has 0 bridgehead atoms. The number of hydrogen-bond acceptors (Lipinski definition) is 1. The van der Waals surface area contributed by atoms with Crippen molar-refractivity contribution in [3.05, 3.63) is 0 Å². The molecule has 0 amide bonds. The minimum atomic E-state index is -1.42. The van der Waals surface area contributed by atoms with Gasteiger partial charge in [0.05, 0.1) is 0 Å². The van der Waals surface area contributed by atoms with Crippen LogP contribution in [0.15, 0.2) is 0 Å². The standard InChI is InChI=1S/C10H16O2Si/c1-13(2,3)8-7-10(9(11)12)5-4-6-10/h4-6H2,1-3H3,(H,11,12). The Labute approximate surface area is 80.4 Å². The number of hydrogen-bond donors (Lipinski definition) is 1. The van der Waals surface area contributed by atoms with Crippen LogP contribution in [0.5, 0.6) is 0 Å². The van der Waals surface area contributed by atoms with E-state index in [0.29, 0.717) is 0 Å². The largest absolute Gasteiger partial charge is 0.480 e. The SMILES string of the molecule is C[Si](C)(C)C#CC1(C(=O)O)CCC1. The topological polar surface area (TPSA) is 37.3 Å². The molecule has 1 aliphatic rings. The monoisotopic (exact) mass is 196 g/mol. The molecule has 0 spiro atoms. The molecule has 0 heterocycles. The molecule has 1 aliphatic carbocycles. The lowest BCUT2D eigenvalue weighted by atomic mass is 9.70. The van der Waals surface area contributed by atoms with Crippen molar-refractivity contribution in [3.8, 4) is 11.5 Å². The van der Waals surface area contributed by atoms with E-state index in [2.05, 4.69) is 31.1 Å². The Bertz CT molecular complexity index is 274. The van der Waals surface area contributed by atoms with E-state index in [1.165, 1.54) is 0 Å². The van der Waals surface area contributed by atoms with Crippen LogP contribution in [0.2, 0.25) is 19.6 Å². The van der Waals surface area contributed by atoms with Gasteiger partial charge in [0.2, 0.25) is 0 Å². The van der Waals surface area contributed by atoms with Gasteiger partial charge < -0.3 is 5.11 Å². The summed E-state index contributed by atoms with van der Waals surface area (Å²) in [6, 6.07) is 0. The zero-order chi connectivity index (χ0) is 10.1. The fraction of sp³-hybridized carbons (Fsp3) is 0.700. The molecule has 1 rings (SSSR count). The van der Waals surface area contributed by atoms with Gasteiger partial charge in [-0.05, 0) is 19.3 Å². The number of carboxylic acids is 1. The van der Waals surface area contributed by atoms with Gasteiger partial charge in [-0.2, -0.15) is 0 Å². The summed E-state index contributed by atoms with van der Waals surface area (Å²) in [4.78, 5) is 10.9. The van der Waals surface area contributed by atoms with Crippen LogP contribution in [-0.2, 0) is 4.79 Å². The second kappa shape index (κ2) is 3.19. The summed E-state index contributed by atoms with van der Waals surface area (Å²) < 4.78 is 0. The molecule has 1 N–H and O–H groups in total. The van der Waals surface area contributed by atoms with Gasteiger partial charge in [0.15, 0.2) is 0 Å². The molecule has 3 heteroatoms. The van der Waals surface area contributed by atoms with Crippen LogP contribution < -0.4 is 0 Å². The van der Waals surface area contributed by atoms with Gasteiger partial charge in [0, 0.05) is 0 Å². The highest BCUT2D eigenvalue weighted by Gasteiger charge is 2.43. The van der Waals surface area contributed by atoms with E-state index in [-0.39, 0.29) is 0 Å². The highest BCUT2D eigenvalue weighted by atomic mass is 28.3. The third kappa shape index (κ3) is 2.35. The van der Waals surface area contributed by atoms with E-state index in [1.54, 1.807) is 0 Å². The molecule has 0 radical (unpaired) electrons. The molecule has 0 aliphatic heterocycles. The molecule has 72 valence electrons. The highest BCUT2D eigenvalue weighted by molar-refractivity contribution is 6.83. The Hall–Kier alpha value is -0.753. The maximum Gasteiger partial charge on any atom is 0.321 e. The third-order valence-corrected chi connectivity index (χ3v) is 3.17. The quantitative estimate of drug-likeness (QED) is 0.515. The number of carboxylic acid groups (broad SMARTS) is 1. The number of rotatable bonds is 1. The van der Waals surface area contributed by atoms with Crippen LogP contribution >= 0.6 is 0 Å². The zero-order valence-corrected chi connectivity index (χ0v) is 9.48. The van der Waals surface area contributed by atoms with Crippen LogP contribution in [0.4, 0.5) is 0 Å². The average molecular weight is 196 g/mol. The van der Waals surface area contributed by atoms with E-state index in [9.17, 15) is 4.79 Å². The molecule has 0 aromatic heterocycles. The predicted octanol–water partition coefficient (Wildman–Crippen LogP) is 2.12. The molecule has 2 nitrogen and oxygen atoms in total. The molecule has 0 unspecified atom stereocenters. The normalized spacial score (nSPS) is 19.6. The smallest absolute Gasteiger partial charge is 0.321 e. The molecule has 0 saturated heterocycles. The molecule has 13 heavy (non-hydrogen) atoms. The summed E-state index contributed by atoms with van der Waals surface area (Å²) >= 11 is 0. The van der Waals surface area contributed by atoms with Crippen molar-refractivity contribution in [2.45, 2.75) is 38.9 Å². The maximum atomic E-state index is 10.9. The lowest BCUT2D eigenvalue weighted by molar-refractivity contribution is -0.149. The van der Waals surface area contributed by atoms with Gasteiger partial charge >= 0.3 is 5.97 Å². The van der Waals surface area contributed by atoms with Gasteiger partial charge in [0.25, 0.3) is 0 Å². The van der Waals surface area contributed by atoms with E-state index in [0.717, 1.165) is 19.3 Å². The maximum absolute atomic E-state index is 10.9. The van der Waals surface area contributed by atoms with Gasteiger partial charge in [-0.3, -0.25) is 4.79 Å². The fourth-order valence-electron chi connectivity index (χ4n) is 1.23. The van der Waals surface area contributed by atoms with Crippen LogP contribution in [0.25, 0.3) is 0 Å². The van der Waals surface area contributed by atoms with Crippen LogP contribution in [0.1, 0.15) is 19.3 Å². The molecule has 0 aromatic carbocycles. The summed E-state index contributed by atoms with van der Waals surface area (Å²) in [5.74, 6) is 2.25. The summed E-state index contributed by atoms with van der Waals surface area (Å²) in [6.45, 7) is 6.40. The first-order valence-corrected chi connectivity index (χ1v) is 8.13. The lowest BCUT2D eigenvalue weighted by Gasteiger charge is -2.32. The van der Waals surface area contributed by atoms with Crippen LogP contribution in [-0.4, -0.2) is 19.1 Å². The van der Waals surface area contributed by atoms with Crippen molar-refractivity contribution < 1.29 is 9.90 Å². The molecule has 1 saturated carbocycles. The van der Waals surface area contributed by atoms with Crippen LogP contribution in [0.3, 0.4) is 0 Å². The lowest BCUT2D eigenvalue weighted by Crippen LogP contribution is -2.37. The predicted molar refractivity (Wildman–Crippen MR) is 55.0 cm³/mol. The molecule has 0 aromatic rings. The van der Waals surface area contributed by atoms with Gasteiger partial charge in [-0.1, -0.05) is 25.6 Å². The van der Waals surface area contributed by atoms with Gasteiger partial charge in [-0.15, -0.1) is 5.54 Å². The molecule has 0 atom stereocenters. The summed E-state index contributed by atoms with van der Waals surface area (Å²) in [7, 11) is -1.42. The second-order valence-electron chi connectivity index (χ2n) is 4.74.